The quantitative estimate of drug-likeness (QED) is 0.592. The van der Waals surface area contributed by atoms with E-state index in [-0.39, 0.29) is 11.0 Å². The van der Waals surface area contributed by atoms with Gasteiger partial charge in [-0.2, -0.15) is 8.78 Å². The molecule has 0 aliphatic carbocycles. The highest BCUT2D eigenvalue weighted by Crippen LogP contribution is 2.44. The number of hydrogen-bond donors (Lipinski definition) is 1. The molecule has 0 aliphatic heterocycles. The highest BCUT2D eigenvalue weighted by molar-refractivity contribution is 9.10. The summed E-state index contributed by atoms with van der Waals surface area (Å²) in [6, 6.07) is 1.20. The number of benzene rings is 1. The van der Waals surface area contributed by atoms with E-state index in [0.29, 0.717) is 6.07 Å². The second-order valence-electron chi connectivity index (χ2n) is 4.77. The third-order valence-electron chi connectivity index (χ3n) is 3.05. The Morgan fingerprint density at radius 2 is 1.81 bits per heavy atom. The van der Waals surface area contributed by atoms with Crippen molar-refractivity contribution in [1.29, 1.82) is 0 Å². The monoisotopic (exact) mass is 460 g/mol. The Hall–Kier alpha value is -2.01. The number of carboxylic acid groups (broad SMARTS) is 1. The van der Waals surface area contributed by atoms with Crippen molar-refractivity contribution in [3.05, 3.63) is 45.1 Å². The first-order chi connectivity index (χ1) is 12.1. The van der Waals surface area contributed by atoms with Crippen molar-refractivity contribution in [2.24, 2.45) is 0 Å². The van der Waals surface area contributed by atoms with Gasteiger partial charge in [-0.05, 0) is 22.0 Å². The zero-order valence-corrected chi connectivity index (χ0v) is 14.6. The van der Waals surface area contributed by atoms with Crippen molar-refractivity contribution in [1.82, 2.24) is 9.97 Å². The Morgan fingerprint density at radius 3 is 2.31 bits per heavy atom. The van der Waals surface area contributed by atoms with Gasteiger partial charge in [-0.1, -0.05) is 17.7 Å². The van der Waals surface area contributed by atoms with E-state index in [9.17, 15) is 31.9 Å². The molecule has 26 heavy (non-hydrogen) atoms. The first kappa shape index (κ1) is 20.3. The van der Waals surface area contributed by atoms with Crippen molar-refractivity contribution < 1.29 is 36.6 Å². The number of aromatic carboxylic acids is 1. The predicted molar refractivity (Wildman–Crippen MR) is 83.0 cm³/mol. The van der Waals surface area contributed by atoms with Crippen molar-refractivity contribution in [3.63, 3.8) is 0 Å². The van der Waals surface area contributed by atoms with Crippen molar-refractivity contribution in [3.8, 4) is 11.8 Å². The van der Waals surface area contributed by atoms with Crippen LogP contribution in [0.15, 0.2) is 29.0 Å². The molecule has 0 saturated carbocycles. The van der Waals surface area contributed by atoms with Gasteiger partial charge in [0.1, 0.15) is 11.3 Å². The average Bonchev–Trinajstić information content (AvgIpc) is 2.56. The first-order valence-electron chi connectivity index (χ1n) is 6.56. The third-order valence-corrected chi connectivity index (χ3v) is 4.10. The lowest BCUT2D eigenvalue weighted by molar-refractivity contribution is -0.172. The van der Waals surface area contributed by atoms with Gasteiger partial charge in [0.2, 0.25) is 0 Å². The lowest BCUT2D eigenvalue weighted by Crippen LogP contribution is -2.32. The molecular formula is C14H7BrClF5N2O3. The highest BCUT2D eigenvalue weighted by Gasteiger charge is 2.51. The lowest BCUT2D eigenvalue weighted by atomic mass is 10.0. The van der Waals surface area contributed by atoms with Crippen LogP contribution in [-0.2, 0) is 0 Å². The van der Waals surface area contributed by atoms with Crippen molar-refractivity contribution in [2.45, 2.75) is 18.5 Å². The number of nitrogens with zero attached hydrogens (tertiary/aromatic N) is 2. The van der Waals surface area contributed by atoms with Crippen LogP contribution in [0.5, 0.6) is 11.8 Å². The number of carboxylic acids is 1. The number of ether oxygens (including phenoxy) is 1. The molecule has 0 bridgehead atoms. The summed E-state index contributed by atoms with van der Waals surface area (Å²) >= 11 is 8.25. The minimum atomic E-state index is -5.01. The maximum Gasteiger partial charge on any atom is 0.342 e. The predicted octanol–water partition coefficient (Wildman–Crippen LogP) is 5.29. The molecule has 2 rings (SSSR count). The smallest absolute Gasteiger partial charge is 0.342 e. The normalized spacial score (nSPS) is 12.9. The molecule has 1 aromatic carbocycles. The minimum absolute atomic E-state index is 0.168. The summed E-state index contributed by atoms with van der Waals surface area (Å²) in [5, 5.41) is 9.43. The van der Waals surface area contributed by atoms with Crippen molar-refractivity contribution >= 4 is 33.5 Å². The fourth-order valence-corrected chi connectivity index (χ4v) is 2.62. The van der Waals surface area contributed by atoms with E-state index in [1.165, 1.54) is 0 Å². The van der Waals surface area contributed by atoms with E-state index in [1.807, 2.05) is 0 Å². The molecule has 0 amide bonds. The summed E-state index contributed by atoms with van der Waals surface area (Å²) in [7, 11) is 0. The number of aromatic nitrogens is 2. The molecule has 0 radical (unpaired) electrons. The molecule has 1 unspecified atom stereocenters. The maximum atomic E-state index is 13.9. The highest BCUT2D eigenvalue weighted by atomic mass is 79.9. The number of rotatable bonds is 6. The van der Waals surface area contributed by atoms with E-state index in [4.69, 9.17) is 16.3 Å². The van der Waals surface area contributed by atoms with Crippen molar-refractivity contribution in [2.75, 3.05) is 0 Å². The van der Waals surface area contributed by atoms with Crippen LogP contribution in [0, 0.1) is 0 Å². The molecule has 0 aliphatic rings. The van der Waals surface area contributed by atoms with E-state index in [1.54, 1.807) is 0 Å². The van der Waals surface area contributed by atoms with E-state index >= 15 is 0 Å². The largest absolute Gasteiger partial charge is 0.478 e. The van der Waals surface area contributed by atoms with Gasteiger partial charge in [0.25, 0.3) is 0 Å². The van der Waals surface area contributed by atoms with Gasteiger partial charge < -0.3 is 9.84 Å². The molecule has 1 N–H and O–H groups in total. The van der Waals surface area contributed by atoms with Crippen LogP contribution in [0.25, 0.3) is 0 Å². The van der Waals surface area contributed by atoms with Crippen LogP contribution in [0.4, 0.5) is 22.0 Å². The number of hydrogen-bond acceptors (Lipinski definition) is 4. The molecule has 1 atom stereocenters. The minimum Gasteiger partial charge on any atom is -0.478 e. The molecule has 0 fully saturated rings. The SMILES string of the molecule is O=C(O)c1c(Oc2ncc(Cl)cn2)ccc(C(F)C(F)(F)C(F)F)c1Br. The second kappa shape index (κ2) is 7.70. The summed E-state index contributed by atoms with van der Waals surface area (Å²) in [6.45, 7) is 0. The average molecular weight is 462 g/mol. The van der Waals surface area contributed by atoms with Gasteiger partial charge in [-0.3, -0.25) is 0 Å². The Balaban J connectivity index is 2.49. The number of halogens is 7. The van der Waals surface area contributed by atoms with Gasteiger partial charge in [0.05, 0.1) is 17.4 Å². The van der Waals surface area contributed by atoms with Crippen LogP contribution in [-0.4, -0.2) is 33.4 Å². The van der Waals surface area contributed by atoms with Gasteiger partial charge in [-0.15, -0.1) is 0 Å². The van der Waals surface area contributed by atoms with Crippen LogP contribution in [0.1, 0.15) is 22.1 Å². The molecular weight excluding hydrogens is 455 g/mol. The molecule has 5 nitrogen and oxygen atoms in total. The number of carbonyl (C=O) groups is 1. The van der Waals surface area contributed by atoms with E-state index in [0.717, 1.165) is 18.5 Å². The summed E-state index contributed by atoms with van der Waals surface area (Å²) in [6.07, 6.45) is -5.44. The molecule has 140 valence electrons. The molecule has 1 aromatic heterocycles. The Labute approximate surface area is 155 Å². The van der Waals surface area contributed by atoms with E-state index in [2.05, 4.69) is 25.9 Å². The van der Waals surface area contributed by atoms with Gasteiger partial charge in [-0.25, -0.2) is 27.9 Å². The molecule has 0 spiro atoms. The van der Waals surface area contributed by atoms with Crippen LogP contribution in [0.2, 0.25) is 5.02 Å². The summed E-state index contributed by atoms with van der Waals surface area (Å²) in [5.41, 5.74) is -1.74. The Morgan fingerprint density at radius 1 is 1.23 bits per heavy atom. The summed E-state index contributed by atoms with van der Waals surface area (Å²) in [5.74, 6) is -7.13. The second-order valence-corrected chi connectivity index (χ2v) is 6.00. The van der Waals surface area contributed by atoms with Crippen LogP contribution in [0.3, 0.4) is 0 Å². The van der Waals surface area contributed by atoms with Crippen LogP contribution < -0.4 is 4.74 Å². The molecule has 1 heterocycles. The molecule has 2 aromatic rings. The zero-order chi connectivity index (χ0) is 19.6. The lowest BCUT2D eigenvalue weighted by Gasteiger charge is -2.22. The molecule has 12 heteroatoms. The zero-order valence-electron chi connectivity index (χ0n) is 12.3. The van der Waals surface area contributed by atoms with E-state index < -0.39 is 45.8 Å². The molecule has 0 saturated heterocycles. The number of alkyl halides is 5. The summed E-state index contributed by atoms with van der Waals surface area (Å²) < 4.78 is 69.6. The Bertz CT molecular complexity index is 823. The standard InChI is InChI=1S/C14H7BrClF5N2O3/c15-9-6(10(17)14(20,21)12(18)19)1-2-7(8(9)11(24)25)26-13-22-3-5(16)4-23-13/h1-4,10,12H,(H,24,25). The van der Waals surface area contributed by atoms with Gasteiger partial charge in [0.15, 0.2) is 6.17 Å². The Kier molecular flexibility index (Phi) is 6.02. The fraction of sp³-hybridized carbons (Fsp3) is 0.214. The topological polar surface area (TPSA) is 72.3 Å². The first-order valence-corrected chi connectivity index (χ1v) is 7.74. The maximum absolute atomic E-state index is 13.9. The fourth-order valence-electron chi connectivity index (χ4n) is 1.82. The van der Waals surface area contributed by atoms with Crippen LogP contribution >= 0.6 is 27.5 Å². The van der Waals surface area contributed by atoms with Gasteiger partial charge in [0, 0.05) is 10.0 Å². The van der Waals surface area contributed by atoms with Gasteiger partial charge >= 0.3 is 24.3 Å². The summed E-state index contributed by atoms with van der Waals surface area (Å²) in [4.78, 5) is 18.7. The third kappa shape index (κ3) is 4.04.